The van der Waals surface area contributed by atoms with E-state index in [4.69, 9.17) is 0 Å². The molecule has 2 N–H and O–H groups in total. The van der Waals surface area contributed by atoms with Gasteiger partial charge in [-0.1, -0.05) is 19.1 Å². The molecule has 0 spiro atoms. The number of sulfone groups is 1. The predicted octanol–water partition coefficient (Wildman–Crippen LogP) is 1.44. The summed E-state index contributed by atoms with van der Waals surface area (Å²) in [7, 11) is -3.07. The van der Waals surface area contributed by atoms with Crippen molar-refractivity contribution < 1.29 is 13.5 Å². The van der Waals surface area contributed by atoms with Crippen LogP contribution < -0.4 is 5.32 Å². The van der Waals surface area contributed by atoms with Gasteiger partial charge in [0.15, 0.2) is 9.84 Å². The summed E-state index contributed by atoms with van der Waals surface area (Å²) in [6.45, 7) is 3.98. The van der Waals surface area contributed by atoms with Crippen molar-refractivity contribution in [3.63, 3.8) is 0 Å². The van der Waals surface area contributed by atoms with Gasteiger partial charge >= 0.3 is 0 Å². The molecule has 0 amide bonds. The van der Waals surface area contributed by atoms with Crippen LogP contribution >= 0.6 is 11.8 Å². The number of aliphatic hydroxyl groups is 1. The van der Waals surface area contributed by atoms with Crippen LogP contribution in [0.15, 0.2) is 29.2 Å². The van der Waals surface area contributed by atoms with E-state index in [1.54, 1.807) is 0 Å². The molecule has 0 aliphatic carbocycles. The fraction of sp³-hybridized carbons (Fsp3) is 0.571. The molecule has 1 aliphatic rings. The first kappa shape index (κ1) is 15.8. The van der Waals surface area contributed by atoms with Gasteiger partial charge in [-0.25, -0.2) is 8.42 Å². The number of benzene rings is 1. The van der Waals surface area contributed by atoms with Gasteiger partial charge in [-0.2, -0.15) is 0 Å². The quantitative estimate of drug-likeness (QED) is 0.778. The third-order valence-electron chi connectivity index (χ3n) is 3.24. The molecule has 112 valence electrons. The van der Waals surface area contributed by atoms with Crippen LogP contribution in [0.25, 0.3) is 0 Å². The highest BCUT2D eigenvalue weighted by atomic mass is 32.2. The molecule has 1 fully saturated rings. The minimum absolute atomic E-state index is 0.0681. The molecule has 20 heavy (non-hydrogen) atoms. The van der Waals surface area contributed by atoms with Crippen molar-refractivity contribution in [1.29, 1.82) is 0 Å². The Bertz CT molecular complexity index is 528. The Morgan fingerprint density at radius 1 is 1.30 bits per heavy atom. The van der Waals surface area contributed by atoms with E-state index in [1.165, 1.54) is 17.3 Å². The lowest BCUT2D eigenvalue weighted by molar-refractivity contribution is 0.207. The van der Waals surface area contributed by atoms with Gasteiger partial charge in [0.25, 0.3) is 0 Å². The Morgan fingerprint density at radius 3 is 2.55 bits per heavy atom. The van der Waals surface area contributed by atoms with Crippen LogP contribution in [-0.2, 0) is 16.4 Å². The molecule has 2 atom stereocenters. The summed E-state index contributed by atoms with van der Waals surface area (Å²) in [5.41, 5.74) is 1.21. The van der Waals surface area contributed by atoms with Crippen LogP contribution in [0.2, 0.25) is 0 Å². The Balaban J connectivity index is 1.91. The molecule has 1 aliphatic heterocycles. The minimum Gasteiger partial charge on any atom is -0.391 e. The SMILES string of the molecule is CCCNCc1ccc(SC2CS(=O)(=O)CC2O)cc1. The monoisotopic (exact) mass is 315 g/mol. The van der Waals surface area contributed by atoms with Crippen molar-refractivity contribution >= 4 is 21.6 Å². The topological polar surface area (TPSA) is 66.4 Å². The summed E-state index contributed by atoms with van der Waals surface area (Å²) in [4.78, 5) is 1.00. The van der Waals surface area contributed by atoms with E-state index >= 15 is 0 Å². The van der Waals surface area contributed by atoms with E-state index in [1.807, 2.05) is 24.3 Å². The Morgan fingerprint density at radius 2 is 2.00 bits per heavy atom. The lowest BCUT2D eigenvalue weighted by atomic mass is 10.2. The molecule has 0 radical (unpaired) electrons. The Labute approximate surface area is 124 Å². The van der Waals surface area contributed by atoms with Crippen molar-refractivity contribution in [2.75, 3.05) is 18.1 Å². The Hall–Kier alpha value is -0.560. The minimum atomic E-state index is -3.07. The summed E-state index contributed by atoms with van der Waals surface area (Å²) < 4.78 is 22.9. The zero-order valence-electron chi connectivity index (χ0n) is 11.6. The second-order valence-corrected chi connectivity index (χ2v) is 8.59. The van der Waals surface area contributed by atoms with Crippen molar-refractivity contribution in [2.45, 2.75) is 36.1 Å². The highest BCUT2D eigenvalue weighted by Crippen LogP contribution is 2.31. The average molecular weight is 315 g/mol. The highest BCUT2D eigenvalue weighted by molar-refractivity contribution is 8.02. The van der Waals surface area contributed by atoms with Gasteiger partial charge in [-0.3, -0.25) is 0 Å². The smallest absolute Gasteiger partial charge is 0.154 e. The summed E-state index contributed by atoms with van der Waals surface area (Å²) >= 11 is 1.45. The van der Waals surface area contributed by atoms with Crippen molar-refractivity contribution in [3.8, 4) is 0 Å². The van der Waals surface area contributed by atoms with Gasteiger partial charge in [0.1, 0.15) is 0 Å². The molecule has 1 saturated heterocycles. The largest absolute Gasteiger partial charge is 0.391 e. The van der Waals surface area contributed by atoms with E-state index in [0.717, 1.165) is 24.4 Å². The van der Waals surface area contributed by atoms with Crippen LogP contribution in [-0.4, -0.2) is 42.9 Å². The molecule has 0 bridgehead atoms. The van der Waals surface area contributed by atoms with Gasteiger partial charge in [-0.15, -0.1) is 11.8 Å². The zero-order chi connectivity index (χ0) is 14.6. The molecule has 1 heterocycles. The molecule has 4 nitrogen and oxygen atoms in total. The molecule has 0 saturated carbocycles. The molecular formula is C14H21NO3S2. The maximum atomic E-state index is 11.5. The number of aliphatic hydroxyl groups excluding tert-OH is 1. The first-order valence-corrected chi connectivity index (χ1v) is 9.55. The second-order valence-electron chi connectivity index (χ2n) is 5.12. The standard InChI is InChI=1S/C14H21NO3S2/c1-2-7-15-8-11-3-5-12(6-4-11)19-14-10-20(17,18)9-13(14)16/h3-6,13-16H,2,7-10H2,1H3. The number of hydrogen-bond donors (Lipinski definition) is 2. The lowest BCUT2D eigenvalue weighted by Gasteiger charge is -2.12. The molecule has 1 aromatic carbocycles. The summed E-state index contributed by atoms with van der Waals surface area (Å²) in [6.07, 6.45) is 0.359. The maximum Gasteiger partial charge on any atom is 0.154 e. The zero-order valence-corrected chi connectivity index (χ0v) is 13.2. The van der Waals surface area contributed by atoms with Gasteiger partial charge < -0.3 is 10.4 Å². The van der Waals surface area contributed by atoms with Crippen LogP contribution in [0.3, 0.4) is 0 Å². The lowest BCUT2D eigenvalue weighted by Crippen LogP contribution is -2.19. The van der Waals surface area contributed by atoms with E-state index in [0.29, 0.717) is 0 Å². The first-order valence-electron chi connectivity index (χ1n) is 6.85. The normalized spacial score (nSPS) is 24.9. The molecule has 2 unspecified atom stereocenters. The van der Waals surface area contributed by atoms with E-state index < -0.39 is 15.9 Å². The van der Waals surface area contributed by atoms with Crippen molar-refractivity contribution in [3.05, 3.63) is 29.8 Å². The Kier molecular flexibility index (Phi) is 5.49. The van der Waals surface area contributed by atoms with E-state index in [2.05, 4.69) is 12.2 Å². The van der Waals surface area contributed by atoms with Crippen LogP contribution in [0.5, 0.6) is 0 Å². The third kappa shape index (κ3) is 4.48. The third-order valence-corrected chi connectivity index (χ3v) is 6.49. The number of thioether (sulfide) groups is 1. The summed E-state index contributed by atoms with van der Waals surface area (Å²) in [6, 6.07) is 8.07. The fourth-order valence-electron chi connectivity index (χ4n) is 2.18. The second kappa shape index (κ2) is 6.93. The number of rotatable bonds is 6. The molecular weight excluding hydrogens is 294 g/mol. The summed E-state index contributed by atoms with van der Waals surface area (Å²) in [5, 5.41) is 12.9. The number of nitrogens with one attached hydrogen (secondary N) is 1. The van der Waals surface area contributed by atoms with Crippen LogP contribution in [0, 0.1) is 0 Å². The first-order chi connectivity index (χ1) is 9.50. The van der Waals surface area contributed by atoms with Crippen LogP contribution in [0.4, 0.5) is 0 Å². The van der Waals surface area contributed by atoms with E-state index in [-0.39, 0.29) is 16.8 Å². The molecule has 0 aromatic heterocycles. The van der Waals surface area contributed by atoms with Gasteiger partial charge in [0, 0.05) is 11.4 Å². The molecule has 2 rings (SSSR count). The van der Waals surface area contributed by atoms with Gasteiger partial charge in [0.05, 0.1) is 22.9 Å². The van der Waals surface area contributed by atoms with Crippen molar-refractivity contribution in [2.24, 2.45) is 0 Å². The average Bonchev–Trinajstić information content (AvgIpc) is 2.65. The number of hydrogen-bond acceptors (Lipinski definition) is 5. The van der Waals surface area contributed by atoms with Gasteiger partial charge in [-0.05, 0) is 30.7 Å². The molecule has 1 aromatic rings. The fourth-order valence-corrected chi connectivity index (χ4v) is 5.70. The highest BCUT2D eigenvalue weighted by Gasteiger charge is 2.36. The maximum absolute atomic E-state index is 11.5. The van der Waals surface area contributed by atoms with E-state index in [9.17, 15) is 13.5 Å². The predicted molar refractivity (Wildman–Crippen MR) is 82.7 cm³/mol. The molecule has 6 heteroatoms. The van der Waals surface area contributed by atoms with Crippen LogP contribution in [0.1, 0.15) is 18.9 Å². The van der Waals surface area contributed by atoms with Crippen molar-refractivity contribution in [1.82, 2.24) is 5.32 Å². The van der Waals surface area contributed by atoms with Gasteiger partial charge in [0.2, 0.25) is 0 Å². The summed E-state index contributed by atoms with van der Waals surface area (Å²) in [5.74, 6) is -0.0394.